The molecule has 12 nitrogen and oxygen atoms in total. The number of hydrogen-bond acceptors (Lipinski definition) is 10. The van der Waals surface area contributed by atoms with Crippen molar-refractivity contribution in [1.29, 1.82) is 0 Å². The van der Waals surface area contributed by atoms with Gasteiger partial charge < -0.3 is 14.3 Å². The molecule has 2 saturated heterocycles. The van der Waals surface area contributed by atoms with Crippen LogP contribution in [0.1, 0.15) is 25.7 Å². The Morgan fingerprint density at radius 3 is 1.96 bits per heavy atom. The Morgan fingerprint density at radius 2 is 1.36 bits per heavy atom. The summed E-state index contributed by atoms with van der Waals surface area (Å²) in [6, 6.07) is 0. The van der Waals surface area contributed by atoms with Gasteiger partial charge in [-0.15, -0.1) is 15.1 Å². The minimum atomic E-state index is -0.919. The summed E-state index contributed by atoms with van der Waals surface area (Å²) >= 11 is 0. The van der Waals surface area contributed by atoms with E-state index in [1.807, 2.05) is 0 Å². The number of carbonyl (C=O) groups is 5. The van der Waals surface area contributed by atoms with Gasteiger partial charge in [0.1, 0.15) is 20.0 Å². The van der Waals surface area contributed by atoms with Crippen LogP contribution in [0.2, 0.25) is 0 Å². The quantitative estimate of drug-likeness (QED) is 0.150. The Labute approximate surface area is 141 Å². The molecule has 0 aliphatic carbocycles. The lowest BCUT2D eigenvalue weighted by Gasteiger charge is -2.13. The lowest BCUT2D eigenvalue weighted by atomic mass is 10.4. The van der Waals surface area contributed by atoms with Crippen LogP contribution in [0.5, 0.6) is 0 Å². The first-order valence-electron chi connectivity index (χ1n) is 7.36. The first-order chi connectivity index (χ1) is 12.0. The smallest absolute Gasteiger partial charge is 0.353 e. The zero-order chi connectivity index (χ0) is 18.2. The van der Waals surface area contributed by atoms with Crippen molar-refractivity contribution in [2.45, 2.75) is 25.7 Å². The maximum absolute atomic E-state index is 11.4. The van der Waals surface area contributed by atoms with Crippen molar-refractivity contribution in [3.8, 4) is 0 Å². The highest BCUT2D eigenvalue weighted by atomic mass is 17.3. The largest absolute Gasteiger partial charge is 0.358 e. The average molecular weight is 360 g/mol. The molecule has 0 spiro atoms. The number of imide groups is 2. The molecule has 0 N–H and O–H groups in total. The van der Waals surface area contributed by atoms with Crippen LogP contribution in [0.15, 0.2) is 0 Å². The van der Waals surface area contributed by atoms with Crippen molar-refractivity contribution in [1.82, 2.24) is 10.1 Å². The summed E-state index contributed by atoms with van der Waals surface area (Å²) in [5, 5.41) is 0.951. The summed E-state index contributed by atoms with van der Waals surface area (Å²) in [5.41, 5.74) is 0. The summed E-state index contributed by atoms with van der Waals surface area (Å²) in [6.45, 7) is -0.914. The van der Waals surface area contributed by atoms with Crippen LogP contribution in [-0.2, 0) is 48.2 Å². The molecule has 0 unspecified atom stereocenters. The van der Waals surface area contributed by atoms with Gasteiger partial charge in [-0.1, -0.05) is 0 Å². The Kier molecular flexibility index (Phi) is 6.94. The van der Waals surface area contributed by atoms with Gasteiger partial charge in [-0.25, -0.2) is 9.68 Å². The second-order valence-electron chi connectivity index (χ2n) is 4.90. The number of ether oxygens (including phenoxy) is 2. The molecule has 25 heavy (non-hydrogen) atoms. The molecule has 0 saturated carbocycles. The van der Waals surface area contributed by atoms with Crippen LogP contribution in [0.25, 0.3) is 0 Å². The summed E-state index contributed by atoms with van der Waals surface area (Å²) in [4.78, 5) is 69.9. The van der Waals surface area contributed by atoms with Gasteiger partial charge in [0.2, 0.25) is 0 Å². The molecule has 2 fully saturated rings. The van der Waals surface area contributed by atoms with E-state index in [2.05, 4.69) is 14.7 Å². The van der Waals surface area contributed by atoms with E-state index in [-0.39, 0.29) is 45.7 Å². The maximum Gasteiger partial charge on any atom is 0.358 e. The highest BCUT2D eigenvalue weighted by molar-refractivity contribution is 6.01. The van der Waals surface area contributed by atoms with E-state index < -0.39 is 36.2 Å². The van der Waals surface area contributed by atoms with Crippen molar-refractivity contribution in [3.63, 3.8) is 0 Å². The SMILES string of the molecule is O=C(COCOCCOON1C(=O)CCC1=O)ON1C(=O)CCC1=O. The molecular formula is C13H16N2O10. The Balaban J connectivity index is 1.46. The van der Waals surface area contributed by atoms with Crippen LogP contribution in [-0.4, -0.2) is 66.3 Å². The molecule has 0 aromatic heterocycles. The van der Waals surface area contributed by atoms with E-state index in [1.54, 1.807) is 0 Å². The predicted molar refractivity (Wildman–Crippen MR) is 72.1 cm³/mol. The number of rotatable bonds is 10. The van der Waals surface area contributed by atoms with Gasteiger partial charge in [0.05, 0.1) is 6.61 Å². The van der Waals surface area contributed by atoms with Crippen LogP contribution in [0, 0.1) is 0 Å². The van der Waals surface area contributed by atoms with Crippen molar-refractivity contribution in [2.75, 3.05) is 26.6 Å². The van der Waals surface area contributed by atoms with Gasteiger partial charge in [-0.2, -0.15) is 0 Å². The van der Waals surface area contributed by atoms with Crippen LogP contribution in [0.3, 0.4) is 0 Å². The zero-order valence-electron chi connectivity index (χ0n) is 13.1. The summed E-state index contributed by atoms with van der Waals surface area (Å²) < 4.78 is 9.77. The Morgan fingerprint density at radius 1 is 0.800 bits per heavy atom. The van der Waals surface area contributed by atoms with Crippen molar-refractivity contribution in [3.05, 3.63) is 0 Å². The fourth-order valence-corrected chi connectivity index (χ4v) is 1.85. The van der Waals surface area contributed by atoms with Crippen molar-refractivity contribution in [2.24, 2.45) is 0 Å². The molecule has 4 amide bonds. The van der Waals surface area contributed by atoms with E-state index in [0.29, 0.717) is 10.1 Å². The highest BCUT2D eigenvalue weighted by Gasteiger charge is 2.33. The topological polar surface area (TPSA) is 138 Å². The molecular weight excluding hydrogens is 344 g/mol. The lowest BCUT2D eigenvalue weighted by molar-refractivity contribution is -0.396. The fraction of sp³-hybridized carbons (Fsp3) is 0.615. The summed E-state index contributed by atoms with van der Waals surface area (Å²) in [7, 11) is 0. The van der Waals surface area contributed by atoms with E-state index in [0.717, 1.165) is 0 Å². The lowest BCUT2D eigenvalue weighted by Crippen LogP contribution is -2.33. The molecule has 2 heterocycles. The fourth-order valence-electron chi connectivity index (χ4n) is 1.85. The monoisotopic (exact) mass is 360 g/mol. The molecule has 2 aliphatic rings. The average Bonchev–Trinajstić information content (AvgIpc) is 3.06. The number of amides is 4. The molecule has 12 heteroatoms. The van der Waals surface area contributed by atoms with Gasteiger partial charge in [0, 0.05) is 25.7 Å². The molecule has 0 aromatic carbocycles. The third-order valence-electron chi connectivity index (χ3n) is 3.03. The first kappa shape index (κ1) is 18.9. The number of hydroxylamine groups is 4. The standard InChI is InChI=1S/C13H16N2O10/c16-9-1-2-10(17)14(9)24-13(20)7-22-8-21-5-6-23-25-15-11(18)3-4-12(15)19/h1-8H2. The normalized spacial score (nSPS) is 17.8. The Bertz CT molecular complexity index is 531. The minimum absolute atomic E-state index is 0.00559. The van der Waals surface area contributed by atoms with E-state index in [9.17, 15) is 24.0 Å². The number of hydrogen-bond donors (Lipinski definition) is 0. The van der Waals surface area contributed by atoms with E-state index in [1.165, 1.54) is 0 Å². The van der Waals surface area contributed by atoms with Crippen molar-refractivity contribution < 1.29 is 48.2 Å². The van der Waals surface area contributed by atoms with Crippen LogP contribution < -0.4 is 0 Å². The van der Waals surface area contributed by atoms with Gasteiger partial charge >= 0.3 is 5.97 Å². The zero-order valence-corrected chi connectivity index (χ0v) is 13.1. The molecule has 0 bridgehead atoms. The van der Waals surface area contributed by atoms with Gasteiger partial charge in [-0.05, 0) is 0 Å². The molecule has 0 radical (unpaired) electrons. The second kappa shape index (κ2) is 9.17. The highest BCUT2D eigenvalue weighted by Crippen LogP contribution is 2.12. The molecule has 0 aromatic rings. The molecule has 0 atom stereocenters. The maximum atomic E-state index is 11.4. The Hall–Kier alpha value is -2.41. The van der Waals surface area contributed by atoms with E-state index in [4.69, 9.17) is 9.47 Å². The predicted octanol–water partition coefficient (Wildman–Crippen LogP) is -1.40. The third kappa shape index (κ3) is 5.56. The van der Waals surface area contributed by atoms with Crippen LogP contribution in [0.4, 0.5) is 0 Å². The number of carbonyl (C=O) groups excluding carboxylic acids is 5. The first-order valence-corrected chi connectivity index (χ1v) is 7.36. The van der Waals surface area contributed by atoms with Crippen molar-refractivity contribution >= 4 is 29.6 Å². The van der Waals surface area contributed by atoms with Gasteiger partial charge in [0.25, 0.3) is 23.6 Å². The number of nitrogens with zero attached hydrogens (tertiary/aromatic N) is 2. The molecule has 2 rings (SSSR count). The third-order valence-corrected chi connectivity index (χ3v) is 3.03. The molecule has 2 aliphatic heterocycles. The van der Waals surface area contributed by atoms with Gasteiger partial charge in [-0.3, -0.25) is 19.2 Å². The molecule has 138 valence electrons. The van der Waals surface area contributed by atoms with E-state index >= 15 is 0 Å². The minimum Gasteiger partial charge on any atom is -0.353 e. The summed E-state index contributed by atoms with van der Waals surface area (Å²) in [6.07, 6.45) is 0.175. The second-order valence-corrected chi connectivity index (χ2v) is 4.90. The summed E-state index contributed by atoms with van der Waals surface area (Å²) in [5.74, 6) is -3.05. The van der Waals surface area contributed by atoms with Gasteiger partial charge in [0.15, 0.2) is 0 Å². The van der Waals surface area contributed by atoms with Crippen LogP contribution >= 0.6 is 0 Å².